The third-order valence-electron chi connectivity index (χ3n) is 2.37. The van der Waals surface area contributed by atoms with E-state index in [0.717, 1.165) is 34.2 Å². The molecule has 3 N–H and O–H groups in total. The fraction of sp³-hybridized carbons (Fsp3) is 0.167. The molecule has 15 heavy (non-hydrogen) atoms. The van der Waals surface area contributed by atoms with E-state index in [1.807, 2.05) is 32.1 Å². The number of nitrogens with two attached hydrogens (primary N) is 1. The Morgan fingerprint density at radius 3 is 2.60 bits per heavy atom. The highest BCUT2D eigenvalue weighted by atomic mass is 16.3. The first-order chi connectivity index (χ1) is 7.08. The van der Waals surface area contributed by atoms with Crippen LogP contribution in [-0.2, 0) is 0 Å². The molecule has 1 heterocycles. The molecule has 0 saturated heterocycles. The summed E-state index contributed by atoms with van der Waals surface area (Å²) in [5.74, 6) is 1.61. The van der Waals surface area contributed by atoms with Crippen LogP contribution in [0, 0.1) is 6.92 Å². The Balaban J connectivity index is 2.08. The number of hydrogen-bond donors (Lipinski definition) is 2. The molecular weight excluding hydrogens is 188 g/mol. The molecule has 0 aliphatic heterocycles. The topological polar surface area (TPSA) is 51.2 Å². The molecule has 0 radical (unpaired) electrons. The number of furan rings is 1. The smallest absolute Gasteiger partial charge is 0.149 e. The lowest BCUT2D eigenvalue weighted by Crippen LogP contribution is -2.23. The summed E-state index contributed by atoms with van der Waals surface area (Å²) in [5.41, 5.74) is 9.28. The maximum Gasteiger partial charge on any atom is 0.149 e. The summed E-state index contributed by atoms with van der Waals surface area (Å²) in [6.07, 6.45) is 1.92. The van der Waals surface area contributed by atoms with Crippen molar-refractivity contribution in [2.75, 3.05) is 0 Å². The zero-order valence-electron chi connectivity index (χ0n) is 8.92. The molecule has 1 aliphatic rings. The van der Waals surface area contributed by atoms with E-state index < -0.39 is 0 Å². The van der Waals surface area contributed by atoms with Crippen LogP contribution < -0.4 is 11.1 Å². The van der Waals surface area contributed by atoms with E-state index in [2.05, 4.69) is 11.9 Å². The van der Waals surface area contributed by atoms with Crippen LogP contribution in [0.4, 0.5) is 0 Å². The number of allylic oxidation sites excluding steroid dienone is 2. The van der Waals surface area contributed by atoms with Gasteiger partial charge in [-0.05, 0) is 37.6 Å². The Morgan fingerprint density at radius 1 is 1.40 bits per heavy atom. The van der Waals surface area contributed by atoms with E-state index in [4.69, 9.17) is 10.2 Å². The van der Waals surface area contributed by atoms with Crippen molar-refractivity contribution in [1.29, 1.82) is 0 Å². The maximum absolute atomic E-state index is 5.71. The fourth-order valence-corrected chi connectivity index (χ4v) is 1.51. The van der Waals surface area contributed by atoms with Crippen molar-refractivity contribution in [3.05, 3.63) is 53.3 Å². The van der Waals surface area contributed by atoms with Crippen LogP contribution in [0.25, 0.3) is 5.70 Å². The molecule has 2 rings (SSSR count). The van der Waals surface area contributed by atoms with Gasteiger partial charge < -0.3 is 15.5 Å². The summed E-state index contributed by atoms with van der Waals surface area (Å²) in [6.45, 7) is 7.81. The minimum Gasteiger partial charge on any atom is -0.460 e. The third-order valence-corrected chi connectivity index (χ3v) is 2.37. The minimum absolute atomic E-state index is 0.730. The summed E-state index contributed by atoms with van der Waals surface area (Å²) < 4.78 is 5.44. The van der Waals surface area contributed by atoms with Gasteiger partial charge in [-0.2, -0.15) is 0 Å². The number of nitrogens with one attached hydrogen (secondary N) is 1. The lowest BCUT2D eigenvalue weighted by Gasteiger charge is -2.20. The first-order valence-corrected chi connectivity index (χ1v) is 4.79. The highest BCUT2D eigenvalue weighted by molar-refractivity contribution is 5.63. The van der Waals surface area contributed by atoms with Crippen molar-refractivity contribution < 1.29 is 4.42 Å². The third kappa shape index (κ3) is 1.68. The van der Waals surface area contributed by atoms with E-state index in [9.17, 15) is 0 Å². The van der Waals surface area contributed by atoms with Crippen molar-refractivity contribution >= 4 is 5.70 Å². The largest absolute Gasteiger partial charge is 0.460 e. The molecule has 1 aromatic heterocycles. The zero-order chi connectivity index (χ0) is 11.0. The Labute approximate surface area is 89.0 Å². The van der Waals surface area contributed by atoms with Crippen molar-refractivity contribution in [2.24, 2.45) is 5.73 Å². The normalized spacial score (nSPS) is 14.7. The van der Waals surface area contributed by atoms with Gasteiger partial charge in [0.25, 0.3) is 0 Å². The molecule has 0 spiro atoms. The molecule has 0 saturated carbocycles. The monoisotopic (exact) mass is 202 g/mol. The summed E-state index contributed by atoms with van der Waals surface area (Å²) in [5, 5.41) is 3.14. The molecule has 0 unspecified atom stereocenters. The SMILES string of the molecule is C=C(NC1=C(C)C=C1N)c1ccc(C)o1. The second-order valence-electron chi connectivity index (χ2n) is 3.67. The van der Waals surface area contributed by atoms with Crippen LogP contribution in [0.15, 0.2) is 46.2 Å². The van der Waals surface area contributed by atoms with Crippen LogP contribution in [0.1, 0.15) is 18.4 Å². The molecule has 78 valence electrons. The van der Waals surface area contributed by atoms with E-state index in [0.29, 0.717) is 0 Å². The molecule has 0 aromatic carbocycles. The van der Waals surface area contributed by atoms with Gasteiger partial charge in [0.1, 0.15) is 11.5 Å². The zero-order valence-corrected chi connectivity index (χ0v) is 8.92. The Hall–Kier alpha value is -1.90. The quantitative estimate of drug-likeness (QED) is 0.790. The number of hydrogen-bond acceptors (Lipinski definition) is 3. The van der Waals surface area contributed by atoms with Gasteiger partial charge in [-0.3, -0.25) is 0 Å². The highest BCUT2D eigenvalue weighted by Gasteiger charge is 2.15. The first-order valence-electron chi connectivity index (χ1n) is 4.79. The average Bonchev–Trinajstić information content (AvgIpc) is 2.61. The lowest BCUT2D eigenvalue weighted by molar-refractivity contribution is 0.518. The second-order valence-corrected chi connectivity index (χ2v) is 3.67. The van der Waals surface area contributed by atoms with Gasteiger partial charge in [0.05, 0.1) is 17.1 Å². The van der Waals surface area contributed by atoms with Gasteiger partial charge in [-0.15, -0.1) is 0 Å². The Bertz CT molecular complexity index is 478. The number of aryl methyl sites for hydroxylation is 1. The number of rotatable bonds is 3. The first kappa shape index (κ1) is 9.65. The second kappa shape index (κ2) is 3.35. The molecule has 0 amide bonds. The van der Waals surface area contributed by atoms with Crippen LogP contribution in [0.3, 0.4) is 0 Å². The van der Waals surface area contributed by atoms with Gasteiger partial charge in [0, 0.05) is 0 Å². The van der Waals surface area contributed by atoms with Crippen LogP contribution in [0.5, 0.6) is 0 Å². The predicted molar refractivity (Wildman–Crippen MR) is 60.6 cm³/mol. The molecule has 3 nitrogen and oxygen atoms in total. The van der Waals surface area contributed by atoms with Gasteiger partial charge in [-0.25, -0.2) is 0 Å². The molecule has 0 fully saturated rings. The highest BCUT2D eigenvalue weighted by Crippen LogP contribution is 2.23. The van der Waals surface area contributed by atoms with Crippen LogP contribution >= 0.6 is 0 Å². The molecule has 1 aliphatic carbocycles. The fourth-order valence-electron chi connectivity index (χ4n) is 1.51. The van der Waals surface area contributed by atoms with Crippen molar-refractivity contribution in [2.45, 2.75) is 13.8 Å². The molecular formula is C12H14N2O. The summed E-state index contributed by atoms with van der Waals surface area (Å²) in [7, 11) is 0. The van der Waals surface area contributed by atoms with Gasteiger partial charge in [0.2, 0.25) is 0 Å². The molecule has 1 aromatic rings. The summed E-state index contributed by atoms with van der Waals surface area (Å²) >= 11 is 0. The molecule has 0 bridgehead atoms. The van der Waals surface area contributed by atoms with Crippen LogP contribution in [-0.4, -0.2) is 0 Å². The van der Waals surface area contributed by atoms with Crippen LogP contribution in [0.2, 0.25) is 0 Å². The van der Waals surface area contributed by atoms with Gasteiger partial charge in [0.15, 0.2) is 0 Å². The van der Waals surface area contributed by atoms with Crippen molar-refractivity contribution in [3.8, 4) is 0 Å². The minimum atomic E-state index is 0.730. The molecule has 3 heteroatoms. The average molecular weight is 202 g/mol. The maximum atomic E-state index is 5.71. The van der Waals surface area contributed by atoms with Crippen molar-refractivity contribution in [1.82, 2.24) is 5.32 Å². The van der Waals surface area contributed by atoms with E-state index in [1.54, 1.807) is 0 Å². The molecule has 0 atom stereocenters. The van der Waals surface area contributed by atoms with E-state index >= 15 is 0 Å². The van der Waals surface area contributed by atoms with Gasteiger partial charge >= 0.3 is 0 Å². The predicted octanol–water partition coefficient (Wildman–Crippen LogP) is 2.28. The Morgan fingerprint density at radius 2 is 2.13 bits per heavy atom. The van der Waals surface area contributed by atoms with Gasteiger partial charge in [-0.1, -0.05) is 6.58 Å². The summed E-state index contributed by atoms with van der Waals surface area (Å²) in [4.78, 5) is 0. The lowest BCUT2D eigenvalue weighted by atomic mass is 10.0. The summed E-state index contributed by atoms with van der Waals surface area (Å²) in [6, 6.07) is 3.79. The Kier molecular flexibility index (Phi) is 2.15. The van der Waals surface area contributed by atoms with Crippen molar-refractivity contribution in [3.63, 3.8) is 0 Å². The van der Waals surface area contributed by atoms with E-state index in [1.165, 1.54) is 0 Å². The standard InChI is InChI=1S/C12H14N2O/c1-7-6-10(13)12(7)14-9(3)11-5-4-8(2)15-11/h4-6,14H,3,13H2,1-2H3. The van der Waals surface area contributed by atoms with E-state index in [-0.39, 0.29) is 0 Å².